The van der Waals surface area contributed by atoms with Crippen molar-refractivity contribution in [1.82, 2.24) is 19.7 Å². The molecule has 1 aromatic heterocycles. The molecule has 2 aliphatic rings. The third kappa shape index (κ3) is 2.87. The van der Waals surface area contributed by atoms with Crippen LogP contribution < -0.4 is 0 Å². The van der Waals surface area contributed by atoms with Gasteiger partial charge >= 0.3 is 0 Å². The number of carbonyl (C=O) groups excluding carboxylic acids is 1. The second-order valence-electron chi connectivity index (χ2n) is 6.65. The summed E-state index contributed by atoms with van der Waals surface area (Å²) in [5, 5.41) is 4.23. The molecule has 1 fully saturated rings. The first-order valence-corrected chi connectivity index (χ1v) is 8.51. The molecule has 23 heavy (non-hydrogen) atoms. The van der Waals surface area contributed by atoms with Crippen molar-refractivity contribution in [3.63, 3.8) is 0 Å². The Labute approximate surface area is 136 Å². The van der Waals surface area contributed by atoms with Gasteiger partial charge in [-0.05, 0) is 42.7 Å². The molecule has 2 atom stereocenters. The topological polar surface area (TPSA) is 51.0 Å². The van der Waals surface area contributed by atoms with Gasteiger partial charge in [-0.3, -0.25) is 4.79 Å². The molecule has 2 heterocycles. The van der Waals surface area contributed by atoms with E-state index in [1.54, 1.807) is 12.7 Å². The predicted molar refractivity (Wildman–Crippen MR) is 87.0 cm³/mol. The monoisotopic (exact) mass is 310 g/mol. The van der Waals surface area contributed by atoms with Gasteiger partial charge < -0.3 is 4.90 Å². The van der Waals surface area contributed by atoms with E-state index in [0.29, 0.717) is 12.3 Å². The SMILES string of the molecule is O=C(CC1CCc2ccccc21)N1CCCC(n2cncn2)C1. The zero-order valence-corrected chi connectivity index (χ0v) is 13.3. The fourth-order valence-electron chi connectivity index (χ4n) is 4.00. The Kier molecular flexibility index (Phi) is 3.85. The summed E-state index contributed by atoms with van der Waals surface area (Å²) in [6.07, 6.45) is 8.28. The van der Waals surface area contributed by atoms with Crippen LogP contribution in [0.4, 0.5) is 0 Å². The molecule has 2 aromatic rings. The molecule has 0 bridgehead atoms. The van der Waals surface area contributed by atoms with E-state index >= 15 is 0 Å². The summed E-state index contributed by atoms with van der Waals surface area (Å²) in [5.74, 6) is 0.682. The Balaban J connectivity index is 1.41. The summed E-state index contributed by atoms with van der Waals surface area (Å²) in [6.45, 7) is 1.63. The molecular weight excluding hydrogens is 288 g/mol. The van der Waals surface area contributed by atoms with E-state index in [0.717, 1.165) is 38.8 Å². The lowest BCUT2D eigenvalue weighted by atomic mass is 9.96. The van der Waals surface area contributed by atoms with Crippen LogP contribution in [0.1, 0.15) is 48.8 Å². The number of hydrogen-bond donors (Lipinski definition) is 0. The Morgan fingerprint density at radius 2 is 2.17 bits per heavy atom. The number of rotatable bonds is 3. The minimum atomic E-state index is 0.270. The lowest BCUT2D eigenvalue weighted by Gasteiger charge is -2.33. The van der Waals surface area contributed by atoms with Crippen LogP contribution >= 0.6 is 0 Å². The standard InChI is InChI=1S/C18H22N4O/c23-18(10-15-8-7-14-4-1-2-6-17(14)15)21-9-3-5-16(11-21)22-13-19-12-20-22/h1-2,4,6,12-13,15-16H,3,5,7-11H2. The Bertz CT molecular complexity index is 682. The van der Waals surface area contributed by atoms with Crippen molar-refractivity contribution in [2.45, 2.75) is 44.1 Å². The van der Waals surface area contributed by atoms with Crippen LogP contribution in [0.2, 0.25) is 0 Å². The third-order valence-corrected chi connectivity index (χ3v) is 5.24. The number of amides is 1. The molecule has 0 spiro atoms. The molecule has 1 aromatic carbocycles. The minimum Gasteiger partial charge on any atom is -0.341 e. The van der Waals surface area contributed by atoms with Gasteiger partial charge in [0.1, 0.15) is 12.7 Å². The molecule has 2 unspecified atom stereocenters. The number of hydrogen-bond acceptors (Lipinski definition) is 3. The van der Waals surface area contributed by atoms with Gasteiger partial charge in [0.2, 0.25) is 5.91 Å². The van der Waals surface area contributed by atoms with Gasteiger partial charge in [-0.25, -0.2) is 9.67 Å². The molecule has 1 amide bonds. The minimum absolute atomic E-state index is 0.270. The average molecular weight is 310 g/mol. The number of piperidine rings is 1. The third-order valence-electron chi connectivity index (χ3n) is 5.24. The Hall–Kier alpha value is -2.17. The molecular formula is C18H22N4O. The summed E-state index contributed by atoms with van der Waals surface area (Å²) < 4.78 is 1.89. The maximum atomic E-state index is 12.8. The zero-order chi connectivity index (χ0) is 15.6. The number of nitrogens with zero attached hydrogens (tertiary/aromatic N) is 4. The molecule has 5 nitrogen and oxygen atoms in total. The smallest absolute Gasteiger partial charge is 0.223 e. The molecule has 4 rings (SSSR count). The second-order valence-corrected chi connectivity index (χ2v) is 6.65. The average Bonchev–Trinajstić information content (AvgIpc) is 3.25. The van der Waals surface area contributed by atoms with Crippen molar-refractivity contribution in [3.05, 3.63) is 48.0 Å². The van der Waals surface area contributed by atoms with Crippen molar-refractivity contribution in [2.75, 3.05) is 13.1 Å². The van der Waals surface area contributed by atoms with Crippen LogP contribution in [0.25, 0.3) is 0 Å². The number of aryl methyl sites for hydroxylation is 1. The highest BCUT2D eigenvalue weighted by atomic mass is 16.2. The van der Waals surface area contributed by atoms with E-state index < -0.39 is 0 Å². The van der Waals surface area contributed by atoms with E-state index in [9.17, 15) is 4.79 Å². The lowest BCUT2D eigenvalue weighted by Crippen LogP contribution is -2.41. The van der Waals surface area contributed by atoms with Crippen LogP contribution in [0.3, 0.4) is 0 Å². The summed E-state index contributed by atoms with van der Waals surface area (Å²) in [7, 11) is 0. The quantitative estimate of drug-likeness (QED) is 0.875. The lowest BCUT2D eigenvalue weighted by molar-refractivity contribution is -0.133. The van der Waals surface area contributed by atoms with E-state index in [1.165, 1.54) is 11.1 Å². The predicted octanol–water partition coefficient (Wildman–Crippen LogP) is 2.56. The zero-order valence-electron chi connectivity index (χ0n) is 13.3. The molecule has 1 aliphatic heterocycles. The Morgan fingerprint density at radius 1 is 1.26 bits per heavy atom. The van der Waals surface area contributed by atoms with Crippen LogP contribution in [-0.2, 0) is 11.2 Å². The van der Waals surface area contributed by atoms with Crippen molar-refractivity contribution < 1.29 is 4.79 Å². The fraction of sp³-hybridized carbons (Fsp3) is 0.500. The van der Waals surface area contributed by atoms with Crippen molar-refractivity contribution >= 4 is 5.91 Å². The first-order chi connectivity index (χ1) is 11.3. The number of aromatic nitrogens is 3. The van der Waals surface area contributed by atoms with Gasteiger partial charge in [0.05, 0.1) is 6.04 Å². The Morgan fingerprint density at radius 3 is 3.04 bits per heavy atom. The number of fused-ring (bicyclic) bond motifs is 1. The number of likely N-dealkylation sites (tertiary alicyclic amines) is 1. The van der Waals surface area contributed by atoms with Gasteiger partial charge in [0.25, 0.3) is 0 Å². The highest BCUT2D eigenvalue weighted by molar-refractivity contribution is 5.77. The van der Waals surface area contributed by atoms with Crippen LogP contribution in [0, 0.1) is 0 Å². The van der Waals surface area contributed by atoms with Gasteiger partial charge in [0.15, 0.2) is 0 Å². The van der Waals surface area contributed by atoms with Gasteiger partial charge in [-0.15, -0.1) is 0 Å². The van der Waals surface area contributed by atoms with E-state index in [4.69, 9.17) is 0 Å². The fourth-order valence-corrected chi connectivity index (χ4v) is 4.00. The van der Waals surface area contributed by atoms with Gasteiger partial charge in [0, 0.05) is 19.5 Å². The summed E-state index contributed by atoms with van der Waals surface area (Å²) in [6, 6.07) is 8.83. The van der Waals surface area contributed by atoms with Crippen molar-refractivity contribution in [2.24, 2.45) is 0 Å². The second kappa shape index (κ2) is 6.14. The number of benzene rings is 1. The molecule has 1 saturated heterocycles. The maximum Gasteiger partial charge on any atom is 0.223 e. The van der Waals surface area contributed by atoms with E-state index in [2.05, 4.69) is 34.3 Å². The molecule has 0 radical (unpaired) electrons. The largest absolute Gasteiger partial charge is 0.341 e. The highest BCUT2D eigenvalue weighted by Crippen LogP contribution is 2.36. The van der Waals surface area contributed by atoms with Crippen molar-refractivity contribution in [1.29, 1.82) is 0 Å². The molecule has 0 saturated carbocycles. The van der Waals surface area contributed by atoms with Crippen LogP contribution in [-0.4, -0.2) is 38.7 Å². The first kappa shape index (κ1) is 14.4. The summed E-state index contributed by atoms with van der Waals surface area (Å²) >= 11 is 0. The highest BCUT2D eigenvalue weighted by Gasteiger charge is 2.29. The van der Waals surface area contributed by atoms with Crippen molar-refractivity contribution in [3.8, 4) is 0 Å². The maximum absolute atomic E-state index is 12.8. The van der Waals surface area contributed by atoms with Crippen LogP contribution in [0.5, 0.6) is 0 Å². The van der Waals surface area contributed by atoms with E-state index in [-0.39, 0.29) is 11.9 Å². The van der Waals surface area contributed by atoms with E-state index in [1.807, 2.05) is 9.58 Å². The molecule has 120 valence electrons. The van der Waals surface area contributed by atoms with Crippen LogP contribution in [0.15, 0.2) is 36.9 Å². The summed E-state index contributed by atoms with van der Waals surface area (Å²) in [4.78, 5) is 18.8. The molecule has 1 aliphatic carbocycles. The van der Waals surface area contributed by atoms with Gasteiger partial charge in [-0.2, -0.15) is 5.10 Å². The van der Waals surface area contributed by atoms with Gasteiger partial charge in [-0.1, -0.05) is 24.3 Å². The normalized spacial score (nSPS) is 23.7. The molecule has 0 N–H and O–H groups in total. The number of carbonyl (C=O) groups is 1. The first-order valence-electron chi connectivity index (χ1n) is 8.51. The summed E-state index contributed by atoms with van der Waals surface area (Å²) in [5.41, 5.74) is 2.80. The molecule has 5 heteroatoms.